The number of thiophene rings is 1. The number of carbonyl (C=O) groups is 1. The average Bonchev–Trinajstić information content (AvgIpc) is 2.84. The maximum Gasteiger partial charge on any atom is 0.177 e. The molecule has 0 bridgehead atoms. The van der Waals surface area contributed by atoms with Crippen LogP contribution in [0.3, 0.4) is 0 Å². The largest absolute Gasteiger partial charge is 0.397 e. The van der Waals surface area contributed by atoms with Crippen molar-refractivity contribution in [1.29, 1.82) is 0 Å². The fourth-order valence-electron chi connectivity index (χ4n) is 1.94. The highest BCUT2D eigenvalue weighted by molar-refractivity contribution is 7.18. The van der Waals surface area contributed by atoms with Crippen LogP contribution in [0.2, 0.25) is 0 Å². The van der Waals surface area contributed by atoms with Crippen LogP contribution in [0.4, 0.5) is 10.7 Å². The molecule has 0 amide bonds. The summed E-state index contributed by atoms with van der Waals surface area (Å²) >= 11 is 1.54. The van der Waals surface area contributed by atoms with Gasteiger partial charge in [-0.25, -0.2) is 0 Å². The highest BCUT2D eigenvalue weighted by atomic mass is 32.1. The topological polar surface area (TPSA) is 46.3 Å². The zero-order chi connectivity index (χ0) is 11.7. The number of hydrogen-bond acceptors (Lipinski definition) is 4. The van der Waals surface area contributed by atoms with Crippen LogP contribution in [0.5, 0.6) is 0 Å². The van der Waals surface area contributed by atoms with Crippen LogP contribution < -0.4 is 10.6 Å². The minimum absolute atomic E-state index is 0.0207. The average molecular weight is 238 g/mol. The molecule has 1 saturated heterocycles. The Bertz CT molecular complexity index is 392. The molecule has 88 valence electrons. The summed E-state index contributed by atoms with van der Waals surface area (Å²) < 4.78 is 0. The lowest BCUT2D eigenvalue weighted by atomic mass is 10.1. The first kappa shape index (κ1) is 11.5. The van der Waals surface area contributed by atoms with Crippen LogP contribution in [-0.2, 0) is 0 Å². The van der Waals surface area contributed by atoms with Crippen LogP contribution in [0.1, 0.15) is 36.4 Å². The maximum absolute atomic E-state index is 11.9. The number of anilines is 2. The van der Waals surface area contributed by atoms with Gasteiger partial charge in [-0.05, 0) is 18.9 Å². The lowest BCUT2D eigenvalue weighted by Crippen LogP contribution is -2.15. The number of hydrogen-bond donors (Lipinski definition) is 1. The Kier molecular flexibility index (Phi) is 3.19. The summed E-state index contributed by atoms with van der Waals surface area (Å²) in [4.78, 5) is 15.0. The molecule has 2 heterocycles. The number of nitrogens with zero attached hydrogens (tertiary/aromatic N) is 1. The molecule has 1 aliphatic heterocycles. The number of carbonyl (C=O) groups excluding carboxylic acids is 1. The van der Waals surface area contributed by atoms with Gasteiger partial charge in [-0.3, -0.25) is 4.79 Å². The van der Waals surface area contributed by atoms with Gasteiger partial charge in [0.1, 0.15) is 0 Å². The van der Waals surface area contributed by atoms with Crippen LogP contribution in [-0.4, -0.2) is 18.9 Å². The van der Waals surface area contributed by atoms with Crippen LogP contribution >= 0.6 is 11.3 Å². The molecule has 0 unspecified atom stereocenters. The Morgan fingerprint density at radius 2 is 2.06 bits per heavy atom. The molecule has 0 radical (unpaired) electrons. The molecule has 2 N–H and O–H groups in total. The Hall–Kier alpha value is -1.03. The van der Waals surface area contributed by atoms with Crippen molar-refractivity contribution in [2.75, 3.05) is 23.7 Å². The first-order valence-corrected chi connectivity index (χ1v) is 6.59. The van der Waals surface area contributed by atoms with Crippen molar-refractivity contribution in [1.82, 2.24) is 0 Å². The normalized spacial score (nSPS) is 16.1. The summed E-state index contributed by atoms with van der Waals surface area (Å²) in [5.74, 6) is 0.181. The van der Waals surface area contributed by atoms with Crippen molar-refractivity contribution in [3.05, 3.63) is 10.9 Å². The molecule has 4 heteroatoms. The van der Waals surface area contributed by atoms with E-state index in [2.05, 4.69) is 4.90 Å². The SMILES string of the molecule is CC(C)C(=O)c1sc(N2CCCC2)cc1N. The van der Waals surface area contributed by atoms with E-state index in [1.165, 1.54) is 12.8 Å². The van der Waals surface area contributed by atoms with E-state index in [-0.39, 0.29) is 11.7 Å². The smallest absolute Gasteiger partial charge is 0.177 e. The van der Waals surface area contributed by atoms with Gasteiger partial charge < -0.3 is 10.6 Å². The van der Waals surface area contributed by atoms with E-state index in [9.17, 15) is 4.79 Å². The van der Waals surface area contributed by atoms with Crippen LogP contribution in [0, 0.1) is 5.92 Å². The van der Waals surface area contributed by atoms with E-state index in [4.69, 9.17) is 5.73 Å². The van der Waals surface area contributed by atoms with E-state index >= 15 is 0 Å². The van der Waals surface area contributed by atoms with Gasteiger partial charge in [-0.15, -0.1) is 11.3 Å². The summed E-state index contributed by atoms with van der Waals surface area (Å²) in [7, 11) is 0. The van der Waals surface area contributed by atoms with E-state index in [0.29, 0.717) is 5.69 Å². The molecule has 16 heavy (non-hydrogen) atoms. The molecule has 0 spiro atoms. The van der Waals surface area contributed by atoms with Gasteiger partial charge in [-0.1, -0.05) is 13.8 Å². The number of rotatable bonds is 3. The summed E-state index contributed by atoms with van der Waals surface area (Å²) in [6, 6.07) is 1.95. The van der Waals surface area contributed by atoms with Gasteiger partial charge in [0.2, 0.25) is 0 Å². The van der Waals surface area contributed by atoms with Crippen molar-refractivity contribution in [2.24, 2.45) is 5.92 Å². The standard InChI is InChI=1S/C12H18N2OS/c1-8(2)11(15)12-9(13)7-10(16-12)14-5-3-4-6-14/h7-8H,3-6,13H2,1-2H3. The van der Waals surface area contributed by atoms with Crippen molar-refractivity contribution in [3.8, 4) is 0 Å². The number of ketones is 1. The minimum Gasteiger partial charge on any atom is -0.397 e. The predicted octanol–water partition coefficient (Wildman–Crippen LogP) is 2.77. The van der Waals surface area contributed by atoms with Gasteiger partial charge in [0, 0.05) is 19.0 Å². The molecule has 3 nitrogen and oxygen atoms in total. The molecule has 0 atom stereocenters. The molecule has 1 aromatic rings. The highest BCUT2D eigenvalue weighted by Crippen LogP contribution is 2.35. The maximum atomic E-state index is 11.9. The third kappa shape index (κ3) is 2.07. The van der Waals surface area contributed by atoms with E-state index in [1.54, 1.807) is 11.3 Å². The molecule has 0 aromatic carbocycles. The van der Waals surface area contributed by atoms with Gasteiger partial charge >= 0.3 is 0 Å². The number of nitrogen functional groups attached to an aromatic ring is 1. The first-order valence-electron chi connectivity index (χ1n) is 5.78. The summed E-state index contributed by atoms with van der Waals surface area (Å²) in [5.41, 5.74) is 6.55. The molecule has 1 aliphatic rings. The molecular formula is C12H18N2OS. The molecule has 1 fully saturated rings. The third-order valence-electron chi connectivity index (χ3n) is 2.91. The van der Waals surface area contributed by atoms with Crippen molar-refractivity contribution >= 4 is 27.8 Å². The molecule has 0 saturated carbocycles. The molecule has 1 aromatic heterocycles. The van der Waals surface area contributed by atoms with Crippen LogP contribution in [0.15, 0.2) is 6.07 Å². The number of Topliss-reactive ketones (excluding diaryl/α,β-unsaturated/α-hetero) is 1. The zero-order valence-corrected chi connectivity index (χ0v) is 10.6. The number of nitrogens with two attached hydrogens (primary N) is 1. The van der Waals surface area contributed by atoms with Gasteiger partial charge in [0.05, 0.1) is 15.6 Å². The van der Waals surface area contributed by atoms with Crippen LogP contribution in [0.25, 0.3) is 0 Å². The van der Waals surface area contributed by atoms with Gasteiger partial charge in [0.25, 0.3) is 0 Å². The van der Waals surface area contributed by atoms with E-state index < -0.39 is 0 Å². The lowest BCUT2D eigenvalue weighted by Gasteiger charge is -2.13. The Labute approximate surface area is 100 Å². The van der Waals surface area contributed by atoms with Crippen molar-refractivity contribution in [3.63, 3.8) is 0 Å². The first-order chi connectivity index (χ1) is 7.59. The Morgan fingerprint density at radius 3 is 2.62 bits per heavy atom. The second kappa shape index (κ2) is 4.45. The minimum atomic E-state index is 0.0207. The Balaban J connectivity index is 2.24. The monoisotopic (exact) mass is 238 g/mol. The predicted molar refractivity (Wildman–Crippen MR) is 69.3 cm³/mol. The summed E-state index contributed by atoms with van der Waals surface area (Å²) in [6.45, 7) is 6.01. The molecular weight excluding hydrogens is 220 g/mol. The zero-order valence-electron chi connectivity index (χ0n) is 9.82. The van der Waals surface area contributed by atoms with Crippen molar-refractivity contribution in [2.45, 2.75) is 26.7 Å². The second-order valence-electron chi connectivity index (χ2n) is 4.58. The fraction of sp³-hybridized carbons (Fsp3) is 0.583. The fourth-order valence-corrected chi connectivity index (χ4v) is 3.16. The van der Waals surface area contributed by atoms with Crippen molar-refractivity contribution < 1.29 is 4.79 Å². The summed E-state index contributed by atoms with van der Waals surface area (Å²) in [6.07, 6.45) is 2.48. The molecule has 2 rings (SSSR count). The Morgan fingerprint density at radius 1 is 1.44 bits per heavy atom. The summed E-state index contributed by atoms with van der Waals surface area (Å²) in [5, 5.41) is 1.15. The second-order valence-corrected chi connectivity index (χ2v) is 5.61. The third-order valence-corrected chi connectivity index (χ3v) is 4.14. The quantitative estimate of drug-likeness (QED) is 0.824. The highest BCUT2D eigenvalue weighted by Gasteiger charge is 2.21. The van der Waals surface area contributed by atoms with Gasteiger partial charge in [0.15, 0.2) is 5.78 Å². The lowest BCUT2D eigenvalue weighted by molar-refractivity contribution is 0.0944. The van der Waals surface area contributed by atoms with Gasteiger partial charge in [-0.2, -0.15) is 0 Å². The molecule has 0 aliphatic carbocycles. The van der Waals surface area contributed by atoms with E-state index in [0.717, 1.165) is 23.0 Å². The van der Waals surface area contributed by atoms with E-state index in [1.807, 2.05) is 19.9 Å².